The largest absolute Gasteiger partial charge is 0.494 e. The van der Waals surface area contributed by atoms with E-state index in [2.05, 4.69) is 17.4 Å². The number of quaternary nitrogens is 1. The fourth-order valence-corrected chi connectivity index (χ4v) is 1.98. The number of amides is 1. The molecule has 1 amide bonds. The maximum absolute atomic E-state index is 12.0. The summed E-state index contributed by atoms with van der Waals surface area (Å²) in [5.74, 6) is 0.989. The van der Waals surface area contributed by atoms with Crippen LogP contribution in [0.25, 0.3) is 0 Å². The Kier molecular flexibility index (Phi) is 6.52. The standard InChI is InChI=1S/C16H26N2O2/c1-6-20-15-9-7-14(8-10-15)11-18(5)13(4)16(19)17-12(2)3/h7-10,12-13H,6,11H2,1-5H3,(H,17,19)/p+1/t13-/m0/s1. The van der Waals surface area contributed by atoms with Crippen LogP contribution in [-0.2, 0) is 11.3 Å². The Morgan fingerprint density at radius 1 is 1.25 bits per heavy atom. The minimum atomic E-state index is -0.0658. The maximum atomic E-state index is 12.0. The number of carbonyl (C=O) groups excluding carboxylic acids is 1. The lowest BCUT2D eigenvalue weighted by Gasteiger charge is -2.22. The van der Waals surface area contributed by atoms with E-state index in [1.165, 1.54) is 10.5 Å². The molecule has 0 aliphatic carbocycles. The molecule has 0 saturated heterocycles. The van der Waals surface area contributed by atoms with Gasteiger partial charge in [-0.2, -0.15) is 0 Å². The third-order valence-corrected chi connectivity index (χ3v) is 3.28. The average Bonchev–Trinajstić information content (AvgIpc) is 2.39. The first-order chi connectivity index (χ1) is 9.43. The normalized spacial score (nSPS) is 13.9. The lowest BCUT2D eigenvalue weighted by molar-refractivity contribution is -0.908. The Hall–Kier alpha value is -1.55. The molecule has 0 saturated carbocycles. The number of hydrogen-bond donors (Lipinski definition) is 2. The first-order valence-corrected chi connectivity index (χ1v) is 7.28. The maximum Gasteiger partial charge on any atom is 0.278 e. The van der Waals surface area contributed by atoms with Crippen LogP contribution in [0.15, 0.2) is 24.3 Å². The van der Waals surface area contributed by atoms with Gasteiger partial charge in [0.25, 0.3) is 5.91 Å². The molecule has 0 fully saturated rings. The number of hydrogen-bond acceptors (Lipinski definition) is 2. The molecule has 0 radical (unpaired) electrons. The predicted octanol–water partition coefficient (Wildman–Crippen LogP) is 1.01. The van der Waals surface area contributed by atoms with Gasteiger partial charge in [-0.3, -0.25) is 4.79 Å². The summed E-state index contributed by atoms with van der Waals surface area (Å²) in [5.41, 5.74) is 1.20. The van der Waals surface area contributed by atoms with Crippen molar-refractivity contribution in [1.82, 2.24) is 5.32 Å². The van der Waals surface area contributed by atoms with Gasteiger partial charge in [-0.05, 0) is 52.0 Å². The highest BCUT2D eigenvalue weighted by Crippen LogP contribution is 2.11. The van der Waals surface area contributed by atoms with Crippen LogP contribution in [0, 0.1) is 0 Å². The van der Waals surface area contributed by atoms with Gasteiger partial charge >= 0.3 is 0 Å². The van der Waals surface area contributed by atoms with E-state index >= 15 is 0 Å². The Labute approximate surface area is 122 Å². The van der Waals surface area contributed by atoms with Gasteiger partial charge in [0, 0.05) is 11.6 Å². The van der Waals surface area contributed by atoms with Crippen LogP contribution in [0.5, 0.6) is 5.75 Å². The van der Waals surface area contributed by atoms with E-state index < -0.39 is 0 Å². The predicted molar refractivity (Wildman–Crippen MR) is 80.9 cm³/mol. The van der Waals surface area contributed by atoms with E-state index in [1.807, 2.05) is 46.9 Å². The van der Waals surface area contributed by atoms with Crippen molar-refractivity contribution >= 4 is 5.91 Å². The molecule has 4 heteroatoms. The Bertz CT molecular complexity index is 415. The number of rotatable bonds is 7. The van der Waals surface area contributed by atoms with Crippen LogP contribution in [0.4, 0.5) is 0 Å². The van der Waals surface area contributed by atoms with Gasteiger partial charge in [-0.15, -0.1) is 0 Å². The quantitative estimate of drug-likeness (QED) is 0.782. The third-order valence-electron chi connectivity index (χ3n) is 3.28. The molecule has 1 aromatic carbocycles. The summed E-state index contributed by atoms with van der Waals surface area (Å²) < 4.78 is 5.42. The second-order valence-corrected chi connectivity index (χ2v) is 5.49. The third kappa shape index (κ3) is 5.21. The van der Waals surface area contributed by atoms with Crippen LogP contribution < -0.4 is 15.0 Å². The Balaban J connectivity index is 2.56. The summed E-state index contributed by atoms with van der Waals surface area (Å²) in [6, 6.07) is 8.19. The van der Waals surface area contributed by atoms with Crippen molar-refractivity contribution in [1.29, 1.82) is 0 Å². The molecule has 0 aliphatic rings. The van der Waals surface area contributed by atoms with Gasteiger partial charge in [0.2, 0.25) is 0 Å². The SMILES string of the molecule is CCOc1ccc(C[NH+](C)[C@@H](C)C(=O)NC(C)C)cc1. The van der Waals surface area contributed by atoms with Crippen LogP contribution in [-0.4, -0.2) is 31.6 Å². The summed E-state index contributed by atoms with van der Waals surface area (Å²) in [5, 5.41) is 2.96. The van der Waals surface area contributed by atoms with Crippen LogP contribution in [0.3, 0.4) is 0 Å². The van der Waals surface area contributed by atoms with Crippen molar-refractivity contribution in [2.45, 2.75) is 46.3 Å². The van der Waals surface area contributed by atoms with E-state index in [9.17, 15) is 4.79 Å². The van der Waals surface area contributed by atoms with Gasteiger partial charge < -0.3 is 15.0 Å². The summed E-state index contributed by atoms with van der Waals surface area (Å²) in [6.45, 7) is 9.39. The van der Waals surface area contributed by atoms with E-state index in [1.54, 1.807) is 0 Å². The monoisotopic (exact) mass is 279 g/mol. The molecule has 0 heterocycles. The lowest BCUT2D eigenvalue weighted by Crippen LogP contribution is -3.12. The zero-order chi connectivity index (χ0) is 15.1. The van der Waals surface area contributed by atoms with Crippen molar-refractivity contribution in [3.05, 3.63) is 29.8 Å². The Morgan fingerprint density at radius 2 is 1.85 bits per heavy atom. The molecule has 0 spiro atoms. The fourth-order valence-electron chi connectivity index (χ4n) is 1.98. The molecule has 0 bridgehead atoms. The lowest BCUT2D eigenvalue weighted by atomic mass is 10.1. The van der Waals surface area contributed by atoms with Crippen molar-refractivity contribution in [2.24, 2.45) is 0 Å². The summed E-state index contributed by atoms with van der Waals surface area (Å²) in [7, 11) is 2.04. The first-order valence-electron chi connectivity index (χ1n) is 7.28. The minimum Gasteiger partial charge on any atom is -0.494 e. The van der Waals surface area contributed by atoms with Crippen molar-refractivity contribution in [3.8, 4) is 5.75 Å². The van der Waals surface area contributed by atoms with Crippen molar-refractivity contribution in [2.75, 3.05) is 13.7 Å². The highest BCUT2D eigenvalue weighted by Gasteiger charge is 2.22. The first kappa shape index (κ1) is 16.5. The van der Waals surface area contributed by atoms with Crippen LogP contribution in [0.2, 0.25) is 0 Å². The van der Waals surface area contributed by atoms with E-state index in [-0.39, 0.29) is 18.0 Å². The van der Waals surface area contributed by atoms with Gasteiger partial charge in [0.05, 0.1) is 13.7 Å². The molecule has 112 valence electrons. The summed E-state index contributed by atoms with van der Waals surface area (Å²) in [4.78, 5) is 13.1. The van der Waals surface area contributed by atoms with Gasteiger partial charge in [-0.25, -0.2) is 0 Å². The molecule has 1 aromatic rings. The molecule has 1 rings (SSSR count). The van der Waals surface area contributed by atoms with Crippen molar-refractivity contribution in [3.63, 3.8) is 0 Å². The number of likely N-dealkylation sites (N-methyl/N-ethyl adjacent to an activating group) is 1. The molecule has 1 unspecified atom stereocenters. The van der Waals surface area contributed by atoms with E-state index in [0.717, 1.165) is 12.3 Å². The molecular weight excluding hydrogens is 252 g/mol. The molecule has 0 aliphatic heterocycles. The molecule has 4 nitrogen and oxygen atoms in total. The number of ether oxygens (including phenoxy) is 1. The topological polar surface area (TPSA) is 42.8 Å². The molecule has 2 atom stereocenters. The zero-order valence-electron chi connectivity index (χ0n) is 13.2. The van der Waals surface area contributed by atoms with Crippen molar-refractivity contribution < 1.29 is 14.4 Å². The smallest absolute Gasteiger partial charge is 0.278 e. The molecule has 2 N–H and O–H groups in total. The van der Waals surface area contributed by atoms with E-state index in [4.69, 9.17) is 4.74 Å². The number of nitrogens with one attached hydrogen (secondary N) is 2. The molecule has 20 heavy (non-hydrogen) atoms. The number of carbonyl (C=O) groups is 1. The Morgan fingerprint density at radius 3 is 2.35 bits per heavy atom. The zero-order valence-corrected chi connectivity index (χ0v) is 13.2. The van der Waals surface area contributed by atoms with Gasteiger partial charge in [0.15, 0.2) is 6.04 Å². The second-order valence-electron chi connectivity index (χ2n) is 5.49. The van der Waals surface area contributed by atoms with Crippen LogP contribution in [0.1, 0.15) is 33.3 Å². The minimum absolute atomic E-state index is 0.0658. The van der Waals surface area contributed by atoms with Gasteiger partial charge in [-0.1, -0.05) is 0 Å². The van der Waals surface area contributed by atoms with Crippen LogP contribution >= 0.6 is 0 Å². The molecular formula is C16H27N2O2+. The summed E-state index contributed by atoms with van der Waals surface area (Å²) in [6.07, 6.45) is 0. The number of benzene rings is 1. The fraction of sp³-hybridized carbons (Fsp3) is 0.562. The van der Waals surface area contributed by atoms with Gasteiger partial charge in [0.1, 0.15) is 12.3 Å². The molecule has 0 aromatic heterocycles. The van der Waals surface area contributed by atoms with E-state index in [0.29, 0.717) is 6.61 Å². The highest BCUT2D eigenvalue weighted by molar-refractivity contribution is 5.80. The second kappa shape index (κ2) is 7.90. The summed E-state index contributed by atoms with van der Waals surface area (Å²) >= 11 is 0. The highest BCUT2D eigenvalue weighted by atomic mass is 16.5. The average molecular weight is 279 g/mol.